The van der Waals surface area contributed by atoms with Gasteiger partial charge in [-0.25, -0.2) is 0 Å². The van der Waals surface area contributed by atoms with E-state index in [9.17, 15) is 16.8 Å². The SMILES string of the molecule is CS(=O)(=O)OCCCC(OS(C)(=O)=O)c1cccnc1. The minimum atomic E-state index is -3.62. The highest BCUT2D eigenvalue weighted by atomic mass is 32.2. The largest absolute Gasteiger partial charge is 0.270 e. The molecule has 0 aromatic carbocycles. The van der Waals surface area contributed by atoms with Crippen molar-refractivity contribution in [2.75, 3.05) is 19.1 Å². The van der Waals surface area contributed by atoms with Gasteiger partial charge in [0.1, 0.15) is 6.10 Å². The van der Waals surface area contributed by atoms with Crippen LogP contribution < -0.4 is 0 Å². The molecule has 0 N–H and O–H groups in total. The van der Waals surface area contributed by atoms with E-state index in [0.29, 0.717) is 18.4 Å². The highest BCUT2D eigenvalue weighted by molar-refractivity contribution is 7.86. The summed E-state index contributed by atoms with van der Waals surface area (Å²) in [4.78, 5) is 3.90. The summed E-state index contributed by atoms with van der Waals surface area (Å²) in [6.45, 7) is -0.0251. The monoisotopic (exact) mass is 323 g/mol. The summed E-state index contributed by atoms with van der Waals surface area (Å²) in [6.07, 6.45) is 4.92. The van der Waals surface area contributed by atoms with E-state index in [1.807, 2.05) is 0 Å². The average Bonchev–Trinajstić information content (AvgIpc) is 2.31. The molecule has 9 heteroatoms. The number of hydrogen-bond donors (Lipinski definition) is 0. The molecule has 0 spiro atoms. The van der Waals surface area contributed by atoms with E-state index in [0.717, 1.165) is 12.5 Å². The molecule has 0 amide bonds. The van der Waals surface area contributed by atoms with Crippen LogP contribution in [0.15, 0.2) is 24.5 Å². The molecule has 0 bridgehead atoms. The molecule has 1 unspecified atom stereocenters. The third-order valence-corrected chi connectivity index (χ3v) is 3.43. The highest BCUT2D eigenvalue weighted by Crippen LogP contribution is 2.23. The number of hydrogen-bond acceptors (Lipinski definition) is 7. The molecule has 1 aromatic heterocycles. The van der Waals surface area contributed by atoms with Crippen molar-refractivity contribution >= 4 is 20.2 Å². The summed E-state index contributed by atoms with van der Waals surface area (Å²) in [7, 11) is -7.12. The van der Waals surface area contributed by atoms with Crippen LogP contribution in [0.1, 0.15) is 24.5 Å². The Labute approximate surface area is 119 Å². The Morgan fingerprint density at radius 3 is 2.40 bits per heavy atom. The van der Waals surface area contributed by atoms with Gasteiger partial charge in [-0.1, -0.05) is 6.07 Å². The van der Waals surface area contributed by atoms with Gasteiger partial charge in [-0.15, -0.1) is 0 Å². The lowest BCUT2D eigenvalue weighted by molar-refractivity contribution is 0.188. The predicted molar refractivity (Wildman–Crippen MR) is 72.9 cm³/mol. The molecule has 0 fully saturated rings. The van der Waals surface area contributed by atoms with Gasteiger partial charge in [-0.2, -0.15) is 16.8 Å². The number of aromatic nitrogens is 1. The van der Waals surface area contributed by atoms with Crippen LogP contribution in [0.5, 0.6) is 0 Å². The van der Waals surface area contributed by atoms with Gasteiger partial charge in [0.05, 0.1) is 19.1 Å². The van der Waals surface area contributed by atoms with Crippen molar-refractivity contribution in [2.45, 2.75) is 18.9 Å². The Bertz CT molecular complexity index is 612. The molecule has 114 valence electrons. The molecule has 1 aromatic rings. The first-order valence-electron chi connectivity index (χ1n) is 5.80. The van der Waals surface area contributed by atoms with E-state index in [4.69, 9.17) is 4.18 Å². The molecule has 0 saturated heterocycles. The summed E-state index contributed by atoms with van der Waals surface area (Å²) in [5, 5.41) is 0. The molecule has 1 atom stereocenters. The standard InChI is InChI=1S/C11H17NO6S2/c1-19(13,14)17-8-4-6-11(18-20(2,15)16)10-5-3-7-12-9-10/h3,5,7,9,11H,4,6,8H2,1-2H3. The summed E-state index contributed by atoms with van der Waals surface area (Å²) in [5.74, 6) is 0. The van der Waals surface area contributed by atoms with Crippen molar-refractivity contribution in [2.24, 2.45) is 0 Å². The van der Waals surface area contributed by atoms with E-state index in [-0.39, 0.29) is 6.61 Å². The van der Waals surface area contributed by atoms with Crippen molar-refractivity contribution in [1.29, 1.82) is 0 Å². The Morgan fingerprint density at radius 1 is 1.20 bits per heavy atom. The fourth-order valence-electron chi connectivity index (χ4n) is 1.53. The summed E-state index contributed by atoms with van der Waals surface area (Å²) in [5.41, 5.74) is 0.609. The zero-order valence-electron chi connectivity index (χ0n) is 11.2. The maximum atomic E-state index is 11.2. The average molecular weight is 323 g/mol. The third-order valence-electron chi connectivity index (χ3n) is 2.26. The maximum Gasteiger partial charge on any atom is 0.264 e. The molecule has 0 saturated carbocycles. The highest BCUT2D eigenvalue weighted by Gasteiger charge is 2.18. The second-order valence-electron chi connectivity index (χ2n) is 4.24. The van der Waals surface area contributed by atoms with Crippen molar-refractivity contribution < 1.29 is 25.2 Å². The second-order valence-corrected chi connectivity index (χ2v) is 7.49. The van der Waals surface area contributed by atoms with Gasteiger partial charge in [-0.3, -0.25) is 13.4 Å². The Hall–Kier alpha value is -1.03. The lowest BCUT2D eigenvalue weighted by Gasteiger charge is -2.16. The van der Waals surface area contributed by atoms with Gasteiger partial charge in [0.2, 0.25) is 0 Å². The topological polar surface area (TPSA) is 99.6 Å². The normalized spacial score (nSPS) is 14.1. The Morgan fingerprint density at radius 2 is 1.90 bits per heavy atom. The van der Waals surface area contributed by atoms with Crippen LogP contribution in [0, 0.1) is 0 Å². The zero-order valence-corrected chi connectivity index (χ0v) is 12.9. The smallest absolute Gasteiger partial charge is 0.264 e. The first-order chi connectivity index (χ1) is 9.17. The van der Waals surface area contributed by atoms with Crippen LogP contribution in [0.4, 0.5) is 0 Å². The van der Waals surface area contributed by atoms with Crippen LogP contribution in [0.2, 0.25) is 0 Å². The minimum absolute atomic E-state index is 0.0251. The fraction of sp³-hybridized carbons (Fsp3) is 0.545. The molecule has 0 radical (unpaired) electrons. The van der Waals surface area contributed by atoms with Gasteiger partial charge < -0.3 is 0 Å². The van der Waals surface area contributed by atoms with Crippen molar-refractivity contribution in [3.05, 3.63) is 30.1 Å². The van der Waals surface area contributed by atoms with Crippen LogP contribution in [-0.2, 0) is 28.6 Å². The van der Waals surface area contributed by atoms with Gasteiger partial charge >= 0.3 is 0 Å². The Kier molecular flexibility index (Phi) is 6.06. The third kappa shape index (κ3) is 7.53. The van der Waals surface area contributed by atoms with Crippen LogP contribution in [-0.4, -0.2) is 40.9 Å². The van der Waals surface area contributed by atoms with E-state index in [1.54, 1.807) is 18.3 Å². The molecule has 0 aliphatic heterocycles. The van der Waals surface area contributed by atoms with E-state index in [2.05, 4.69) is 9.17 Å². The fourth-order valence-corrected chi connectivity index (χ4v) is 2.58. The lowest BCUT2D eigenvalue weighted by Crippen LogP contribution is -2.12. The predicted octanol–water partition coefficient (Wildman–Crippen LogP) is 0.855. The maximum absolute atomic E-state index is 11.2. The number of rotatable bonds is 8. The molecule has 1 rings (SSSR count). The minimum Gasteiger partial charge on any atom is -0.270 e. The van der Waals surface area contributed by atoms with Crippen LogP contribution in [0.25, 0.3) is 0 Å². The quantitative estimate of drug-likeness (QED) is 0.516. The van der Waals surface area contributed by atoms with Gasteiger partial charge in [-0.05, 0) is 18.9 Å². The number of nitrogens with zero attached hydrogens (tertiary/aromatic N) is 1. The van der Waals surface area contributed by atoms with Crippen molar-refractivity contribution in [3.8, 4) is 0 Å². The first kappa shape index (κ1) is 17.0. The van der Waals surface area contributed by atoms with Crippen molar-refractivity contribution in [3.63, 3.8) is 0 Å². The second kappa shape index (κ2) is 7.11. The van der Waals surface area contributed by atoms with Gasteiger partial charge in [0, 0.05) is 18.0 Å². The molecule has 20 heavy (non-hydrogen) atoms. The zero-order chi connectivity index (χ0) is 15.2. The molecule has 0 aliphatic rings. The van der Waals surface area contributed by atoms with E-state index in [1.165, 1.54) is 6.20 Å². The van der Waals surface area contributed by atoms with Crippen LogP contribution >= 0.6 is 0 Å². The van der Waals surface area contributed by atoms with E-state index >= 15 is 0 Å². The lowest BCUT2D eigenvalue weighted by atomic mass is 10.1. The number of pyridine rings is 1. The molecule has 7 nitrogen and oxygen atoms in total. The molecular weight excluding hydrogens is 306 g/mol. The Balaban J connectivity index is 2.65. The molecular formula is C11H17NO6S2. The first-order valence-corrected chi connectivity index (χ1v) is 9.43. The molecule has 1 heterocycles. The summed E-state index contributed by atoms with van der Waals surface area (Å²) >= 11 is 0. The van der Waals surface area contributed by atoms with E-state index < -0.39 is 26.3 Å². The summed E-state index contributed by atoms with van der Waals surface area (Å²) in [6, 6.07) is 3.36. The van der Waals surface area contributed by atoms with Crippen LogP contribution in [0.3, 0.4) is 0 Å². The van der Waals surface area contributed by atoms with Gasteiger partial charge in [0.15, 0.2) is 0 Å². The van der Waals surface area contributed by atoms with Crippen molar-refractivity contribution in [1.82, 2.24) is 4.98 Å². The molecule has 0 aliphatic carbocycles. The summed E-state index contributed by atoms with van der Waals surface area (Å²) < 4.78 is 53.7. The van der Waals surface area contributed by atoms with Gasteiger partial charge in [0.25, 0.3) is 20.2 Å².